The zero-order valence-electron chi connectivity index (χ0n) is 16.7. The van der Waals surface area contributed by atoms with Crippen molar-refractivity contribution in [1.82, 2.24) is 20.1 Å². The van der Waals surface area contributed by atoms with Crippen LogP contribution in [0.3, 0.4) is 0 Å². The Morgan fingerprint density at radius 3 is 2.52 bits per heavy atom. The van der Waals surface area contributed by atoms with E-state index in [0.717, 1.165) is 5.56 Å². The van der Waals surface area contributed by atoms with Crippen LogP contribution in [0.4, 0.5) is 5.69 Å². The van der Waals surface area contributed by atoms with E-state index in [-0.39, 0.29) is 17.6 Å². The van der Waals surface area contributed by atoms with Gasteiger partial charge in [0.05, 0.1) is 21.0 Å². The Labute approximate surface area is 193 Å². The van der Waals surface area contributed by atoms with Crippen molar-refractivity contribution in [2.24, 2.45) is 0 Å². The van der Waals surface area contributed by atoms with Gasteiger partial charge in [0.15, 0.2) is 11.0 Å². The van der Waals surface area contributed by atoms with Gasteiger partial charge in [0, 0.05) is 30.0 Å². The largest absolute Gasteiger partial charge is 0.342 e. The first-order valence-electron chi connectivity index (χ1n) is 9.35. The van der Waals surface area contributed by atoms with Crippen LogP contribution in [0.1, 0.15) is 41.6 Å². The van der Waals surface area contributed by atoms with Crippen molar-refractivity contribution in [3.8, 4) is 0 Å². The summed E-state index contributed by atoms with van der Waals surface area (Å²) < 4.78 is 1.93. The maximum Gasteiger partial charge on any atom is 0.269 e. The average molecular weight is 480 g/mol. The summed E-state index contributed by atoms with van der Waals surface area (Å²) in [7, 11) is 0. The molecule has 0 saturated carbocycles. The van der Waals surface area contributed by atoms with Crippen molar-refractivity contribution in [3.05, 3.63) is 79.6 Å². The van der Waals surface area contributed by atoms with Gasteiger partial charge in [-0.2, -0.15) is 0 Å². The van der Waals surface area contributed by atoms with Crippen molar-refractivity contribution in [1.29, 1.82) is 0 Å². The normalized spacial score (nSPS) is 11.9. The molecule has 0 unspecified atom stereocenters. The molecular formula is C20H19Cl2N5O3S. The van der Waals surface area contributed by atoms with Gasteiger partial charge >= 0.3 is 0 Å². The Bertz CT molecular complexity index is 1100. The molecule has 1 aromatic heterocycles. The predicted molar refractivity (Wildman–Crippen MR) is 121 cm³/mol. The molecule has 31 heavy (non-hydrogen) atoms. The second-order valence-electron chi connectivity index (χ2n) is 6.62. The molecule has 11 heteroatoms. The van der Waals surface area contributed by atoms with E-state index < -0.39 is 4.92 Å². The van der Waals surface area contributed by atoms with E-state index in [4.69, 9.17) is 23.2 Å². The molecule has 162 valence electrons. The van der Waals surface area contributed by atoms with E-state index in [1.54, 1.807) is 24.3 Å². The lowest BCUT2D eigenvalue weighted by atomic mass is 10.2. The molecule has 1 amide bonds. The van der Waals surface area contributed by atoms with E-state index in [2.05, 4.69) is 15.5 Å². The highest BCUT2D eigenvalue weighted by molar-refractivity contribution is 7.98. The summed E-state index contributed by atoms with van der Waals surface area (Å²) in [5, 5.41) is 23.6. The number of hydrogen-bond donors (Lipinski definition) is 1. The lowest BCUT2D eigenvalue weighted by Gasteiger charge is -2.15. The van der Waals surface area contributed by atoms with Gasteiger partial charge in [0.2, 0.25) is 0 Å². The Morgan fingerprint density at radius 2 is 1.90 bits per heavy atom. The topological polar surface area (TPSA) is 103 Å². The summed E-state index contributed by atoms with van der Waals surface area (Å²) in [6.45, 7) is 4.42. The molecule has 0 radical (unpaired) electrons. The number of non-ortho nitro benzene ring substituents is 1. The van der Waals surface area contributed by atoms with Gasteiger partial charge in [-0.3, -0.25) is 14.9 Å². The molecule has 0 aliphatic carbocycles. The second-order valence-corrected chi connectivity index (χ2v) is 8.38. The van der Waals surface area contributed by atoms with Crippen LogP contribution >= 0.6 is 35.0 Å². The van der Waals surface area contributed by atoms with Crippen molar-refractivity contribution in [3.63, 3.8) is 0 Å². The number of benzene rings is 2. The first kappa shape index (κ1) is 23.1. The number of thioether (sulfide) groups is 1. The van der Waals surface area contributed by atoms with Crippen molar-refractivity contribution >= 4 is 46.6 Å². The fourth-order valence-corrected chi connectivity index (χ4v) is 4.13. The number of rotatable bonds is 8. The first-order valence-corrected chi connectivity index (χ1v) is 11.1. The first-order chi connectivity index (χ1) is 14.8. The number of nitrogens with zero attached hydrogens (tertiary/aromatic N) is 4. The third kappa shape index (κ3) is 5.55. The lowest BCUT2D eigenvalue weighted by Crippen LogP contribution is -2.28. The number of aromatic nitrogens is 3. The van der Waals surface area contributed by atoms with Gasteiger partial charge in [0.1, 0.15) is 0 Å². The summed E-state index contributed by atoms with van der Waals surface area (Å²) in [6, 6.07) is 10.7. The maximum absolute atomic E-state index is 12.6. The molecule has 1 atom stereocenters. The average Bonchev–Trinajstić information content (AvgIpc) is 3.17. The molecule has 1 heterocycles. The van der Waals surface area contributed by atoms with Gasteiger partial charge in [-0.05, 0) is 37.6 Å². The molecule has 0 spiro atoms. The fourth-order valence-electron chi connectivity index (χ4n) is 2.87. The Balaban J connectivity index is 1.68. The number of nitro benzene ring substituents is 1. The van der Waals surface area contributed by atoms with E-state index in [1.807, 2.05) is 18.4 Å². The van der Waals surface area contributed by atoms with E-state index in [1.165, 1.54) is 30.0 Å². The van der Waals surface area contributed by atoms with E-state index in [0.29, 0.717) is 38.9 Å². The second kappa shape index (κ2) is 10.1. The summed E-state index contributed by atoms with van der Waals surface area (Å²) in [5.74, 6) is 0.916. The molecule has 0 aliphatic heterocycles. The van der Waals surface area contributed by atoms with Gasteiger partial charge < -0.3 is 9.88 Å². The highest BCUT2D eigenvalue weighted by Crippen LogP contribution is 2.26. The summed E-state index contributed by atoms with van der Waals surface area (Å²) in [4.78, 5) is 22.9. The molecule has 1 N–H and O–H groups in total. The highest BCUT2D eigenvalue weighted by atomic mass is 35.5. The predicted octanol–water partition coefficient (Wildman–Crippen LogP) is 5.30. The number of nitro groups is 1. The number of amides is 1. The summed E-state index contributed by atoms with van der Waals surface area (Å²) >= 11 is 13.4. The minimum Gasteiger partial charge on any atom is -0.342 e. The SMILES string of the molecule is CCn1c(SCc2ccc([N+](=O)[O-])cc2)nnc1[C@H](C)NC(=O)c1ccc(Cl)c(Cl)c1. The zero-order valence-corrected chi connectivity index (χ0v) is 19.0. The number of carbonyl (C=O) groups is 1. The van der Waals surface area contributed by atoms with Crippen molar-refractivity contribution in [2.75, 3.05) is 0 Å². The minimum absolute atomic E-state index is 0.0549. The monoisotopic (exact) mass is 479 g/mol. The van der Waals surface area contributed by atoms with Crippen LogP contribution in [0.5, 0.6) is 0 Å². The molecular weight excluding hydrogens is 461 g/mol. The number of halogens is 2. The molecule has 0 aliphatic rings. The van der Waals surface area contributed by atoms with Crippen LogP contribution in [0.15, 0.2) is 47.6 Å². The van der Waals surface area contributed by atoms with Crippen LogP contribution in [-0.2, 0) is 12.3 Å². The van der Waals surface area contributed by atoms with Gasteiger partial charge in [0.25, 0.3) is 11.6 Å². The standard InChI is InChI=1S/C20H19Cl2N5O3S/c1-3-26-18(12(2)23-19(28)14-6-9-16(21)17(22)10-14)24-25-20(26)31-11-13-4-7-15(8-5-13)27(29)30/h4-10,12H,3,11H2,1-2H3,(H,23,28)/t12-/m0/s1. The van der Waals surface area contributed by atoms with Crippen LogP contribution in [0, 0.1) is 10.1 Å². The Hall–Kier alpha value is -2.62. The van der Waals surface area contributed by atoms with Crippen LogP contribution in [-0.4, -0.2) is 25.6 Å². The van der Waals surface area contributed by atoms with Crippen LogP contribution in [0.25, 0.3) is 0 Å². The third-order valence-corrected chi connectivity index (χ3v) is 6.27. The quantitative estimate of drug-likeness (QED) is 0.267. The van der Waals surface area contributed by atoms with Crippen molar-refractivity contribution in [2.45, 2.75) is 37.3 Å². The number of nitrogens with one attached hydrogen (secondary N) is 1. The summed E-state index contributed by atoms with van der Waals surface area (Å²) in [6.07, 6.45) is 0. The van der Waals surface area contributed by atoms with Crippen molar-refractivity contribution < 1.29 is 9.72 Å². The Morgan fingerprint density at radius 1 is 1.19 bits per heavy atom. The molecule has 0 fully saturated rings. The van der Waals surface area contributed by atoms with Gasteiger partial charge in [-0.15, -0.1) is 10.2 Å². The van der Waals surface area contributed by atoms with Crippen LogP contribution in [0.2, 0.25) is 10.0 Å². The molecule has 2 aromatic carbocycles. The molecule has 0 saturated heterocycles. The zero-order chi connectivity index (χ0) is 22.5. The molecule has 3 aromatic rings. The minimum atomic E-state index is -0.426. The van der Waals surface area contributed by atoms with Gasteiger partial charge in [-0.25, -0.2) is 0 Å². The lowest BCUT2D eigenvalue weighted by molar-refractivity contribution is -0.384. The summed E-state index contributed by atoms with van der Waals surface area (Å²) in [5.41, 5.74) is 1.39. The molecule has 8 nitrogen and oxygen atoms in total. The van der Waals surface area contributed by atoms with Gasteiger partial charge in [-0.1, -0.05) is 47.1 Å². The smallest absolute Gasteiger partial charge is 0.269 e. The number of carbonyl (C=O) groups excluding carboxylic acids is 1. The van der Waals surface area contributed by atoms with E-state index in [9.17, 15) is 14.9 Å². The van der Waals surface area contributed by atoms with Crippen LogP contribution < -0.4 is 5.32 Å². The van der Waals surface area contributed by atoms with E-state index >= 15 is 0 Å². The molecule has 3 rings (SSSR count). The fraction of sp³-hybridized carbons (Fsp3) is 0.250. The third-order valence-electron chi connectivity index (χ3n) is 4.49. The highest BCUT2D eigenvalue weighted by Gasteiger charge is 2.20. The number of hydrogen-bond acceptors (Lipinski definition) is 6. The molecule has 0 bridgehead atoms. The Kier molecular flexibility index (Phi) is 7.53. The maximum atomic E-state index is 12.6.